The molecule has 0 unspecified atom stereocenters. The van der Waals surface area contributed by atoms with Crippen LogP contribution in [-0.2, 0) is 16.1 Å². The molecule has 0 fully saturated rings. The number of carbonyl (C=O) groups is 2. The Morgan fingerprint density at radius 3 is 2.41 bits per heavy atom. The van der Waals surface area contributed by atoms with Gasteiger partial charge in [0.05, 0.1) is 12.2 Å². The molecular weight excluding hydrogens is 378 g/mol. The highest BCUT2D eigenvalue weighted by Crippen LogP contribution is 2.24. The SMILES string of the molecule is CCN(CC(=O)NC(C)(C)C)C(=O)Cn1c(-c2ccc(C)cc2)csc1=S. The largest absolute Gasteiger partial charge is 0.350 e. The quantitative estimate of drug-likeness (QED) is 0.739. The van der Waals surface area contributed by atoms with Crippen LogP contribution >= 0.6 is 23.6 Å². The molecule has 0 saturated carbocycles. The average molecular weight is 406 g/mol. The Balaban J connectivity index is 2.17. The van der Waals surface area contributed by atoms with Crippen LogP contribution in [-0.4, -0.2) is 39.9 Å². The second kappa shape index (κ2) is 8.80. The number of thiazole rings is 1. The molecule has 0 aliphatic carbocycles. The van der Waals surface area contributed by atoms with Crippen molar-refractivity contribution in [3.05, 3.63) is 39.2 Å². The third kappa shape index (κ3) is 6.01. The number of aryl methyl sites for hydroxylation is 1. The highest BCUT2D eigenvalue weighted by Gasteiger charge is 2.20. The van der Waals surface area contributed by atoms with E-state index in [0.29, 0.717) is 10.5 Å². The minimum atomic E-state index is -0.325. The van der Waals surface area contributed by atoms with Gasteiger partial charge in [0.25, 0.3) is 0 Å². The van der Waals surface area contributed by atoms with Gasteiger partial charge < -0.3 is 14.8 Å². The number of benzene rings is 1. The van der Waals surface area contributed by atoms with Crippen LogP contribution in [0.4, 0.5) is 0 Å². The number of nitrogens with zero attached hydrogens (tertiary/aromatic N) is 2. The fourth-order valence-electron chi connectivity index (χ4n) is 2.67. The number of rotatable bonds is 6. The molecule has 0 bridgehead atoms. The second-order valence-corrected chi connectivity index (χ2v) is 9.05. The summed E-state index contributed by atoms with van der Waals surface area (Å²) in [5, 5.41) is 4.87. The topological polar surface area (TPSA) is 54.3 Å². The molecule has 5 nitrogen and oxygen atoms in total. The lowest BCUT2D eigenvalue weighted by molar-refractivity contribution is -0.136. The third-order valence-corrected chi connectivity index (χ3v) is 5.28. The molecule has 27 heavy (non-hydrogen) atoms. The molecule has 146 valence electrons. The van der Waals surface area contributed by atoms with Gasteiger partial charge in [-0.25, -0.2) is 0 Å². The van der Waals surface area contributed by atoms with Crippen molar-refractivity contribution in [1.29, 1.82) is 0 Å². The van der Waals surface area contributed by atoms with Crippen LogP contribution in [0.1, 0.15) is 33.3 Å². The number of likely N-dealkylation sites (N-methyl/N-ethyl adjacent to an activating group) is 1. The van der Waals surface area contributed by atoms with E-state index in [9.17, 15) is 9.59 Å². The maximum atomic E-state index is 12.8. The Morgan fingerprint density at radius 1 is 1.22 bits per heavy atom. The zero-order chi connectivity index (χ0) is 20.2. The van der Waals surface area contributed by atoms with Crippen LogP contribution in [0.3, 0.4) is 0 Å². The van der Waals surface area contributed by atoms with Gasteiger partial charge in [0, 0.05) is 17.5 Å². The predicted molar refractivity (Wildman–Crippen MR) is 113 cm³/mol. The van der Waals surface area contributed by atoms with E-state index >= 15 is 0 Å². The average Bonchev–Trinajstić information content (AvgIpc) is 2.92. The molecule has 1 aromatic heterocycles. The third-order valence-electron chi connectivity index (χ3n) is 4.01. The first-order chi connectivity index (χ1) is 12.6. The number of nitrogens with one attached hydrogen (secondary N) is 1. The van der Waals surface area contributed by atoms with E-state index in [-0.39, 0.29) is 30.4 Å². The monoisotopic (exact) mass is 405 g/mol. The lowest BCUT2D eigenvalue weighted by Crippen LogP contribution is -2.47. The molecule has 1 N–H and O–H groups in total. The molecule has 0 saturated heterocycles. The lowest BCUT2D eigenvalue weighted by atomic mass is 10.1. The first-order valence-corrected chi connectivity index (χ1v) is 10.2. The number of amides is 2. The van der Waals surface area contributed by atoms with Gasteiger partial charge in [-0.3, -0.25) is 9.59 Å². The molecule has 2 amide bonds. The van der Waals surface area contributed by atoms with Gasteiger partial charge in [0.15, 0.2) is 3.95 Å². The summed E-state index contributed by atoms with van der Waals surface area (Å²) in [5.74, 6) is -0.283. The van der Waals surface area contributed by atoms with E-state index in [1.165, 1.54) is 16.9 Å². The van der Waals surface area contributed by atoms with Crippen molar-refractivity contribution in [2.45, 2.75) is 46.7 Å². The molecule has 0 aliphatic heterocycles. The number of aromatic nitrogens is 1. The van der Waals surface area contributed by atoms with Gasteiger partial charge in [-0.15, -0.1) is 11.3 Å². The van der Waals surface area contributed by atoms with Crippen LogP contribution in [0.2, 0.25) is 0 Å². The first-order valence-electron chi connectivity index (χ1n) is 8.95. The lowest BCUT2D eigenvalue weighted by Gasteiger charge is -2.25. The van der Waals surface area contributed by atoms with Crippen molar-refractivity contribution in [1.82, 2.24) is 14.8 Å². The van der Waals surface area contributed by atoms with Gasteiger partial charge >= 0.3 is 0 Å². The maximum Gasteiger partial charge on any atom is 0.243 e. The molecule has 1 heterocycles. The minimum absolute atomic E-state index is 0.0456. The van der Waals surface area contributed by atoms with E-state index in [2.05, 4.69) is 5.32 Å². The Hall–Kier alpha value is -1.99. The molecular formula is C20H27N3O2S2. The van der Waals surface area contributed by atoms with E-state index in [1.54, 1.807) is 4.90 Å². The van der Waals surface area contributed by atoms with Gasteiger partial charge in [0.1, 0.15) is 6.54 Å². The molecule has 0 radical (unpaired) electrons. The van der Waals surface area contributed by atoms with Crippen molar-refractivity contribution in [2.75, 3.05) is 13.1 Å². The van der Waals surface area contributed by atoms with Gasteiger partial charge in [-0.2, -0.15) is 0 Å². The molecule has 0 atom stereocenters. The standard InChI is InChI=1S/C20H27N3O2S2/c1-6-22(11-17(24)21-20(3,4)5)18(25)12-23-16(13-27-19(23)26)15-9-7-14(2)8-10-15/h7-10,13H,6,11-12H2,1-5H3,(H,21,24). The molecule has 2 aromatic rings. The van der Waals surface area contributed by atoms with Crippen LogP contribution in [0.25, 0.3) is 11.3 Å². The summed E-state index contributed by atoms with van der Waals surface area (Å²) in [6, 6.07) is 8.14. The van der Waals surface area contributed by atoms with Crippen molar-refractivity contribution in [3.63, 3.8) is 0 Å². The molecule has 0 spiro atoms. The smallest absolute Gasteiger partial charge is 0.243 e. The second-order valence-electron chi connectivity index (χ2n) is 7.55. The number of hydrogen-bond acceptors (Lipinski definition) is 4. The zero-order valence-electron chi connectivity index (χ0n) is 16.5. The minimum Gasteiger partial charge on any atom is -0.350 e. The summed E-state index contributed by atoms with van der Waals surface area (Å²) < 4.78 is 2.49. The number of hydrogen-bond donors (Lipinski definition) is 1. The maximum absolute atomic E-state index is 12.8. The van der Waals surface area contributed by atoms with Gasteiger partial charge in [-0.05, 0) is 52.4 Å². The Bertz CT molecular complexity index is 861. The van der Waals surface area contributed by atoms with Gasteiger partial charge in [-0.1, -0.05) is 29.8 Å². The fourth-order valence-corrected chi connectivity index (χ4v) is 3.75. The van der Waals surface area contributed by atoms with E-state index < -0.39 is 0 Å². The highest BCUT2D eigenvalue weighted by atomic mass is 32.1. The molecule has 7 heteroatoms. The van der Waals surface area contributed by atoms with Crippen LogP contribution < -0.4 is 5.32 Å². The van der Waals surface area contributed by atoms with Crippen molar-refractivity contribution >= 4 is 35.4 Å². The highest BCUT2D eigenvalue weighted by molar-refractivity contribution is 7.73. The van der Waals surface area contributed by atoms with Crippen LogP contribution in [0.5, 0.6) is 0 Å². The summed E-state index contributed by atoms with van der Waals surface area (Å²) in [7, 11) is 0. The summed E-state index contributed by atoms with van der Waals surface area (Å²) in [6.45, 7) is 10.3. The van der Waals surface area contributed by atoms with E-state index in [1.807, 2.05) is 68.8 Å². The molecule has 2 rings (SSSR count). The van der Waals surface area contributed by atoms with Crippen molar-refractivity contribution in [2.24, 2.45) is 0 Å². The van der Waals surface area contributed by atoms with Crippen molar-refractivity contribution in [3.8, 4) is 11.3 Å². The normalized spacial score (nSPS) is 11.3. The zero-order valence-corrected chi connectivity index (χ0v) is 18.2. The Morgan fingerprint density at radius 2 is 1.85 bits per heavy atom. The van der Waals surface area contributed by atoms with Crippen molar-refractivity contribution < 1.29 is 9.59 Å². The number of carbonyl (C=O) groups excluding carboxylic acids is 2. The van der Waals surface area contributed by atoms with Crippen LogP contribution in [0.15, 0.2) is 29.6 Å². The van der Waals surface area contributed by atoms with E-state index in [0.717, 1.165) is 11.3 Å². The fraction of sp³-hybridized carbons (Fsp3) is 0.450. The first kappa shape index (κ1) is 21.3. The molecule has 1 aromatic carbocycles. The Kier molecular flexibility index (Phi) is 6.95. The van der Waals surface area contributed by atoms with Gasteiger partial charge in [0.2, 0.25) is 11.8 Å². The summed E-state index contributed by atoms with van der Waals surface area (Å²) >= 11 is 6.87. The Labute approximate surface area is 170 Å². The molecule has 0 aliphatic rings. The summed E-state index contributed by atoms with van der Waals surface area (Å²) in [5.41, 5.74) is 2.80. The van der Waals surface area contributed by atoms with E-state index in [4.69, 9.17) is 12.2 Å². The van der Waals surface area contributed by atoms with Crippen LogP contribution in [0, 0.1) is 10.9 Å². The summed E-state index contributed by atoms with van der Waals surface area (Å²) in [4.78, 5) is 26.6. The summed E-state index contributed by atoms with van der Waals surface area (Å²) in [6.07, 6.45) is 0. The predicted octanol–water partition coefficient (Wildman–Crippen LogP) is 4.02.